The van der Waals surface area contributed by atoms with E-state index < -0.39 is 18.5 Å². The van der Waals surface area contributed by atoms with E-state index in [0.29, 0.717) is 48.1 Å². The molecular formula is C21H26F2N8O. The summed E-state index contributed by atoms with van der Waals surface area (Å²) in [6.45, 7) is 5.99. The summed E-state index contributed by atoms with van der Waals surface area (Å²) in [6.07, 6.45) is 5.32. The second-order valence-electron chi connectivity index (χ2n) is 7.92. The number of anilines is 1. The van der Waals surface area contributed by atoms with Gasteiger partial charge in [0.1, 0.15) is 24.0 Å². The zero-order valence-electron chi connectivity index (χ0n) is 18.3. The molecule has 3 aromatic heterocycles. The van der Waals surface area contributed by atoms with Gasteiger partial charge in [0.25, 0.3) is 5.92 Å². The first-order valence-corrected chi connectivity index (χ1v) is 10.8. The normalized spacial score (nSPS) is 16.8. The molecule has 0 aliphatic carbocycles. The minimum atomic E-state index is -2.85. The zero-order valence-corrected chi connectivity index (χ0v) is 18.3. The van der Waals surface area contributed by atoms with Gasteiger partial charge in [-0.05, 0) is 26.7 Å². The van der Waals surface area contributed by atoms with Crippen molar-refractivity contribution >= 4 is 22.9 Å². The molecule has 3 aromatic rings. The molecular weight excluding hydrogens is 418 g/mol. The van der Waals surface area contributed by atoms with E-state index in [1.54, 1.807) is 19.3 Å². The second kappa shape index (κ2) is 8.71. The molecule has 0 unspecified atom stereocenters. The molecule has 1 amide bonds. The molecule has 0 radical (unpaired) electrons. The molecule has 1 fully saturated rings. The molecule has 0 saturated carbocycles. The van der Waals surface area contributed by atoms with Crippen molar-refractivity contribution in [3.8, 4) is 11.4 Å². The lowest BCUT2D eigenvalue weighted by atomic mass is 10.1. The SMILES string of the molecule is CC[C@H](Nc1ncnc2c1nc(-c1cnc(C)nc1)n2CC)C(=O)N1CCCC(F)(F)C1. The quantitative estimate of drug-likeness (QED) is 0.623. The summed E-state index contributed by atoms with van der Waals surface area (Å²) in [7, 11) is 0. The molecule has 1 aliphatic heterocycles. The summed E-state index contributed by atoms with van der Waals surface area (Å²) < 4.78 is 29.6. The van der Waals surface area contributed by atoms with Gasteiger partial charge in [-0.25, -0.2) is 33.7 Å². The minimum absolute atomic E-state index is 0.187. The van der Waals surface area contributed by atoms with Crippen LogP contribution in [0.5, 0.6) is 0 Å². The van der Waals surface area contributed by atoms with Gasteiger partial charge in [0.05, 0.1) is 12.1 Å². The van der Waals surface area contributed by atoms with Crippen LogP contribution in [0.15, 0.2) is 18.7 Å². The summed E-state index contributed by atoms with van der Waals surface area (Å²) in [4.78, 5) is 36.1. The largest absolute Gasteiger partial charge is 0.356 e. The Morgan fingerprint density at radius 1 is 1.22 bits per heavy atom. The standard InChI is InChI=1S/C21H26F2N8O/c1-4-15(20(32)30-8-6-7-21(22,23)11-30)28-17-16-19(27-12-26-17)31(5-2)18(29-16)14-9-24-13(3)25-10-14/h9-10,12,15H,4-8,11H2,1-3H3,(H,26,27,28)/t15-/m0/s1. The van der Waals surface area contributed by atoms with E-state index in [0.717, 1.165) is 5.56 Å². The Labute approximate surface area is 184 Å². The number of hydrogen-bond acceptors (Lipinski definition) is 7. The molecule has 11 heteroatoms. The molecule has 170 valence electrons. The number of fused-ring (bicyclic) bond motifs is 1. The van der Waals surface area contributed by atoms with Gasteiger partial charge in [0.15, 0.2) is 17.0 Å². The number of rotatable bonds is 6. The van der Waals surface area contributed by atoms with Crippen LogP contribution in [0.1, 0.15) is 38.9 Å². The Bertz CT molecular complexity index is 1110. The molecule has 1 atom stereocenters. The van der Waals surface area contributed by atoms with Crippen LogP contribution in [0.2, 0.25) is 0 Å². The average Bonchev–Trinajstić information content (AvgIpc) is 3.16. The maximum Gasteiger partial charge on any atom is 0.265 e. The number of likely N-dealkylation sites (tertiary alicyclic amines) is 1. The third kappa shape index (κ3) is 4.23. The topological polar surface area (TPSA) is 102 Å². The summed E-state index contributed by atoms with van der Waals surface area (Å²) in [6, 6.07) is -0.695. The number of imidazole rings is 1. The Morgan fingerprint density at radius 3 is 2.62 bits per heavy atom. The Hall–Kier alpha value is -3.24. The van der Waals surface area contributed by atoms with E-state index in [2.05, 4.69) is 25.3 Å². The summed E-state index contributed by atoms with van der Waals surface area (Å²) in [5.74, 6) is -1.52. The average molecular weight is 444 g/mol. The van der Waals surface area contributed by atoms with E-state index in [1.807, 2.05) is 18.4 Å². The van der Waals surface area contributed by atoms with E-state index in [9.17, 15) is 13.6 Å². The first-order valence-electron chi connectivity index (χ1n) is 10.8. The van der Waals surface area contributed by atoms with Gasteiger partial charge >= 0.3 is 0 Å². The first kappa shape index (κ1) is 22.0. The smallest absolute Gasteiger partial charge is 0.265 e. The molecule has 0 bridgehead atoms. The zero-order chi connectivity index (χ0) is 22.9. The summed E-state index contributed by atoms with van der Waals surface area (Å²) >= 11 is 0. The summed E-state index contributed by atoms with van der Waals surface area (Å²) in [5.41, 5.74) is 1.84. The third-order valence-electron chi connectivity index (χ3n) is 5.61. The molecule has 32 heavy (non-hydrogen) atoms. The van der Waals surface area contributed by atoms with Crippen molar-refractivity contribution in [1.82, 2.24) is 34.4 Å². The Kier molecular flexibility index (Phi) is 5.98. The molecule has 9 nitrogen and oxygen atoms in total. The van der Waals surface area contributed by atoms with Gasteiger partial charge in [-0.1, -0.05) is 6.92 Å². The monoisotopic (exact) mass is 444 g/mol. The second-order valence-corrected chi connectivity index (χ2v) is 7.92. The van der Waals surface area contributed by atoms with Gasteiger partial charge < -0.3 is 14.8 Å². The molecule has 4 rings (SSSR count). The van der Waals surface area contributed by atoms with Crippen molar-refractivity contribution < 1.29 is 13.6 Å². The molecule has 1 N–H and O–H groups in total. The number of nitrogens with zero attached hydrogens (tertiary/aromatic N) is 7. The van der Waals surface area contributed by atoms with Crippen molar-refractivity contribution in [3.63, 3.8) is 0 Å². The van der Waals surface area contributed by atoms with Crippen molar-refractivity contribution in [3.05, 3.63) is 24.5 Å². The van der Waals surface area contributed by atoms with Crippen molar-refractivity contribution in [2.24, 2.45) is 0 Å². The van der Waals surface area contributed by atoms with Gasteiger partial charge in [-0.15, -0.1) is 0 Å². The van der Waals surface area contributed by atoms with Gasteiger partial charge in [0, 0.05) is 31.9 Å². The number of amides is 1. The van der Waals surface area contributed by atoms with Gasteiger partial charge in [0.2, 0.25) is 5.91 Å². The Balaban J connectivity index is 1.66. The maximum absolute atomic E-state index is 13.8. The fourth-order valence-corrected chi connectivity index (χ4v) is 3.95. The van der Waals surface area contributed by atoms with Crippen LogP contribution in [0.3, 0.4) is 0 Å². The predicted octanol–water partition coefficient (Wildman–Crippen LogP) is 3.06. The molecule has 0 spiro atoms. The van der Waals surface area contributed by atoms with E-state index in [-0.39, 0.29) is 18.7 Å². The number of aromatic nitrogens is 6. The van der Waals surface area contributed by atoms with Crippen LogP contribution >= 0.6 is 0 Å². The number of carbonyl (C=O) groups excluding carboxylic acids is 1. The lowest BCUT2D eigenvalue weighted by Crippen LogP contribution is -2.50. The van der Waals surface area contributed by atoms with Crippen molar-refractivity contribution in [2.45, 2.75) is 58.5 Å². The predicted molar refractivity (Wildman–Crippen MR) is 115 cm³/mol. The third-order valence-corrected chi connectivity index (χ3v) is 5.61. The molecule has 1 saturated heterocycles. The van der Waals surface area contributed by atoms with Crippen molar-refractivity contribution in [1.29, 1.82) is 0 Å². The number of piperidine rings is 1. The fourth-order valence-electron chi connectivity index (χ4n) is 3.95. The van der Waals surface area contributed by atoms with Crippen LogP contribution in [-0.2, 0) is 11.3 Å². The fraction of sp³-hybridized carbons (Fsp3) is 0.524. The van der Waals surface area contributed by atoms with E-state index in [4.69, 9.17) is 4.98 Å². The number of hydrogen-bond donors (Lipinski definition) is 1. The summed E-state index contributed by atoms with van der Waals surface area (Å²) in [5, 5.41) is 3.13. The van der Waals surface area contributed by atoms with Crippen LogP contribution in [-0.4, -0.2) is 65.3 Å². The number of nitrogens with one attached hydrogen (secondary N) is 1. The highest BCUT2D eigenvalue weighted by molar-refractivity contribution is 5.90. The van der Waals surface area contributed by atoms with E-state index in [1.165, 1.54) is 11.2 Å². The van der Waals surface area contributed by atoms with Crippen molar-refractivity contribution in [2.75, 3.05) is 18.4 Å². The molecule has 4 heterocycles. The first-order chi connectivity index (χ1) is 15.3. The number of carbonyl (C=O) groups is 1. The van der Waals surface area contributed by atoms with Crippen LogP contribution in [0.4, 0.5) is 14.6 Å². The lowest BCUT2D eigenvalue weighted by molar-refractivity contribution is -0.142. The highest BCUT2D eigenvalue weighted by Crippen LogP contribution is 2.29. The maximum atomic E-state index is 13.8. The van der Waals surface area contributed by atoms with Crippen LogP contribution in [0.25, 0.3) is 22.6 Å². The minimum Gasteiger partial charge on any atom is -0.356 e. The number of halogens is 2. The molecule has 1 aliphatic rings. The van der Waals surface area contributed by atoms with Crippen LogP contribution in [0, 0.1) is 6.92 Å². The van der Waals surface area contributed by atoms with Gasteiger partial charge in [-0.2, -0.15) is 0 Å². The van der Waals surface area contributed by atoms with Crippen LogP contribution < -0.4 is 5.32 Å². The highest BCUT2D eigenvalue weighted by Gasteiger charge is 2.38. The van der Waals surface area contributed by atoms with E-state index >= 15 is 0 Å². The number of aryl methyl sites for hydroxylation is 2. The van der Waals surface area contributed by atoms with Gasteiger partial charge in [-0.3, -0.25) is 4.79 Å². The molecule has 0 aromatic carbocycles. The Morgan fingerprint density at radius 2 is 1.97 bits per heavy atom. The number of alkyl halides is 2. The lowest BCUT2D eigenvalue weighted by Gasteiger charge is -2.34. The highest BCUT2D eigenvalue weighted by atomic mass is 19.3.